The molecule has 1 aromatic rings. The molecule has 2 nitrogen and oxygen atoms in total. The number of pyridine rings is 1. The number of hydrogen-bond acceptors (Lipinski definition) is 2. The van der Waals surface area contributed by atoms with Gasteiger partial charge in [-0.15, -0.1) is 6.58 Å². The molecule has 0 saturated heterocycles. The summed E-state index contributed by atoms with van der Waals surface area (Å²) in [7, 11) is 0. The van der Waals surface area contributed by atoms with Gasteiger partial charge in [-0.3, -0.25) is 4.98 Å². The molecule has 0 fully saturated rings. The molecule has 0 spiro atoms. The maximum atomic E-state index is 5.64. The van der Waals surface area contributed by atoms with Crippen LogP contribution in [0.25, 0.3) is 0 Å². The van der Waals surface area contributed by atoms with Crippen LogP contribution in [0.3, 0.4) is 0 Å². The Hall–Kier alpha value is -1.15. The van der Waals surface area contributed by atoms with Gasteiger partial charge in [-0.05, 0) is 11.6 Å². The summed E-state index contributed by atoms with van der Waals surface area (Å²) in [5.41, 5.74) is 6.63. The summed E-state index contributed by atoms with van der Waals surface area (Å²) in [6.45, 7) is 3.58. The molecule has 0 bridgehead atoms. The lowest BCUT2D eigenvalue weighted by Gasteiger charge is -2.03. The highest BCUT2D eigenvalue weighted by Crippen LogP contribution is 2.07. The van der Waals surface area contributed by atoms with Crippen LogP contribution >= 0.6 is 0 Å². The van der Waals surface area contributed by atoms with Crippen LogP contribution in [0.4, 0.5) is 0 Å². The van der Waals surface area contributed by atoms with E-state index in [-0.39, 0.29) is 6.04 Å². The summed E-state index contributed by atoms with van der Waals surface area (Å²) in [5.74, 6) is 0. The zero-order valence-corrected chi connectivity index (χ0v) is 5.70. The highest BCUT2D eigenvalue weighted by molar-refractivity contribution is 5.17. The van der Waals surface area contributed by atoms with Gasteiger partial charge >= 0.3 is 0 Å². The minimum Gasteiger partial charge on any atom is -0.321 e. The zero-order valence-electron chi connectivity index (χ0n) is 5.70. The first-order chi connectivity index (χ1) is 4.84. The lowest BCUT2D eigenvalue weighted by Crippen LogP contribution is -2.05. The molecule has 0 aromatic carbocycles. The topological polar surface area (TPSA) is 38.9 Å². The fourth-order valence-electron chi connectivity index (χ4n) is 0.709. The third kappa shape index (κ3) is 1.42. The van der Waals surface area contributed by atoms with E-state index < -0.39 is 0 Å². The van der Waals surface area contributed by atoms with Gasteiger partial charge in [-0.25, -0.2) is 0 Å². The van der Waals surface area contributed by atoms with E-state index in [1.165, 1.54) is 0 Å². The van der Waals surface area contributed by atoms with Gasteiger partial charge in [0, 0.05) is 18.4 Å². The highest BCUT2D eigenvalue weighted by atomic mass is 14.7. The van der Waals surface area contributed by atoms with Crippen molar-refractivity contribution in [3.8, 4) is 0 Å². The molecule has 0 aliphatic heterocycles. The number of nitrogens with two attached hydrogens (primary N) is 1. The molecule has 1 heterocycles. The normalized spacial score (nSPS) is 12.5. The van der Waals surface area contributed by atoms with Gasteiger partial charge < -0.3 is 5.73 Å². The van der Waals surface area contributed by atoms with E-state index in [9.17, 15) is 0 Å². The Morgan fingerprint density at radius 3 is 3.00 bits per heavy atom. The van der Waals surface area contributed by atoms with E-state index in [1.54, 1.807) is 18.5 Å². The van der Waals surface area contributed by atoms with Crippen molar-refractivity contribution in [1.82, 2.24) is 4.98 Å². The lowest BCUT2D eigenvalue weighted by atomic mass is 10.1. The molecule has 0 aliphatic carbocycles. The first-order valence-corrected chi connectivity index (χ1v) is 3.12. The third-order valence-electron chi connectivity index (χ3n) is 1.32. The Morgan fingerprint density at radius 1 is 1.70 bits per heavy atom. The van der Waals surface area contributed by atoms with Crippen molar-refractivity contribution < 1.29 is 0 Å². The summed E-state index contributed by atoms with van der Waals surface area (Å²) < 4.78 is 0. The second-order valence-electron chi connectivity index (χ2n) is 2.05. The summed E-state index contributed by atoms with van der Waals surface area (Å²) in [6.07, 6.45) is 5.16. The maximum Gasteiger partial charge on any atom is 0.0493 e. The Kier molecular flexibility index (Phi) is 2.18. The Morgan fingerprint density at radius 2 is 2.50 bits per heavy atom. The second-order valence-corrected chi connectivity index (χ2v) is 2.05. The SMILES string of the molecule is C=C[C@H](N)c1cccnc1. The van der Waals surface area contributed by atoms with Gasteiger partial charge in [0.15, 0.2) is 0 Å². The molecule has 1 aromatic heterocycles. The molecule has 0 unspecified atom stereocenters. The van der Waals surface area contributed by atoms with Gasteiger partial charge in [0.05, 0.1) is 0 Å². The molecule has 0 saturated carbocycles. The van der Waals surface area contributed by atoms with Crippen LogP contribution in [0.15, 0.2) is 37.2 Å². The summed E-state index contributed by atoms with van der Waals surface area (Å²) in [4.78, 5) is 3.93. The molecule has 0 radical (unpaired) electrons. The fraction of sp³-hybridized carbons (Fsp3) is 0.125. The fourth-order valence-corrected chi connectivity index (χ4v) is 0.709. The molecule has 10 heavy (non-hydrogen) atoms. The minimum absolute atomic E-state index is 0.0892. The van der Waals surface area contributed by atoms with Crippen molar-refractivity contribution in [1.29, 1.82) is 0 Å². The van der Waals surface area contributed by atoms with Crippen LogP contribution in [0.1, 0.15) is 11.6 Å². The minimum atomic E-state index is -0.0892. The Labute approximate surface area is 60.4 Å². The van der Waals surface area contributed by atoms with Crippen LogP contribution in [-0.2, 0) is 0 Å². The highest BCUT2D eigenvalue weighted by Gasteiger charge is 1.97. The van der Waals surface area contributed by atoms with E-state index >= 15 is 0 Å². The average molecular weight is 134 g/mol. The van der Waals surface area contributed by atoms with Crippen LogP contribution in [-0.4, -0.2) is 4.98 Å². The summed E-state index contributed by atoms with van der Waals surface area (Å²) in [6, 6.07) is 3.70. The average Bonchev–Trinajstić information content (AvgIpc) is 2.05. The molecule has 1 rings (SSSR count). The van der Waals surface area contributed by atoms with Gasteiger partial charge in [0.25, 0.3) is 0 Å². The number of hydrogen-bond donors (Lipinski definition) is 1. The number of nitrogens with zero attached hydrogens (tertiary/aromatic N) is 1. The van der Waals surface area contributed by atoms with Crippen molar-refractivity contribution in [2.75, 3.05) is 0 Å². The van der Waals surface area contributed by atoms with Crippen molar-refractivity contribution in [2.24, 2.45) is 5.73 Å². The number of aromatic nitrogens is 1. The van der Waals surface area contributed by atoms with Crippen LogP contribution in [0.2, 0.25) is 0 Å². The molecule has 2 N–H and O–H groups in total. The number of rotatable bonds is 2. The van der Waals surface area contributed by atoms with E-state index in [0.717, 1.165) is 5.56 Å². The molecule has 1 atom stereocenters. The molecule has 0 amide bonds. The van der Waals surface area contributed by atoms with Crippen LogP contribution < -0.4 is 5.73 Å². The smallest absolute Gasteiger partial charge is 0.0493 e. The molecule has 0 aliphatic rings. The first-order valence-electron chi connectivity index (χ1n) is 3.12. The Balaban J connectivity index is 2.84. The zero-order chi connectivity index (χ0) is 7.40. The third-order valence-corrected chi connectivity index (χ3v) is 1.32. The van der Waals surface area contributed by atoms with Crippen molar-refractivity contribution >= 4 is 0 Å². The molecule has 2 heteroatoms. The van der Waals surface area contributed by atoms with Crippen LogP contribution in [0.5, 0.6) is 0 Å². The Bertz CT molecular complexity index is 206. The standard InChI is InChI=1S/C8H10N2/c1-2-8(9)7-4-3-5-10-6-7/h2-6,8H,1,9H2/t8-/m0/s1. The summed E-state index contributed by atoms with van der Waals surface area (Å²) >= 11 is 0. The predicted octanol–water partition coefficient (Wildman–Crippen LogP) is 1.27. The monoisotopic (exact) mass is 134 g/mol. The van der Waals surface area contributed by atoms with Gasteiger partial charge in [-0.2, -0.15) is 0 Å². The van der Waals surface area contributed by atoms with E-state index in [1.807, 2.05) is 12.1 Å². The summed E-state index contributed by atoms with van der Waals surface area (Å²) in [5, 5.41) is 0. The quantitative estimate of drug-likeness (QED) is 0.618. The van der Waals surface area contributed by atoms with Crippen LogP contribution in [0, 0.1) is 0 Å². The van der Waals surface area contributed by atoms with Crippen molar-refractivity contribution in [3.63, 3.8) is 0 Å². The van der Waals surface area contributed by atoms with E-state index in [2.05, 4.69) is 11.6 Å². The molecule has 52 valence electrons. The van der Waals surface area contributed by atoms with Crippen molar-refractivity contribution in [2.45, 2.75) is 6.04 Å². The van der Waals surface area contributed by atoms with Crippen molar-refractivity contribution in [3.05, 3.63) is 42.7 Å². The first kappa shape index (κ1) is 6.96. The van der Waals surface area contributed by atoms with Gasteiger partial charge in [-0.1, -0.05) is 12.1 Å². The van der Waals surface area contributed by atoms with E-state index in [4.69, 9.17) is 5.73 Å². The molecular weight excluding hydrogens is 124 g/mol. The van der Waals surface area contributed by atoms with E-state index in [0.29, 0.717) is 0 Å². The van der Waals surface area contributed by atoms with Gasteiger partial charge in [0.2, 0.25) is 0 Å². The second kappa shape index (κ2) is 3.13. The predicted molar refractivity (Wildman–Crippen MR) is 41.4 cm³/mol. The largest absolute Gasteiger partial charge is 0.321 e. The lowest BCUT2D eigenvalue weighted by molar-refractivity contribution is 0.904. The maximum absolute atomic E-state index is 5.64. The van der Waals surface area contributed by atoms with Gasteiger partial charge in [0.1, 0.15) is 0 Å². The molecular formula is C8H10N2.